The van der Waals surface area contributed by atoms with Crippen LogP contribution in [0, 0.1) is 17.8 Å². The maximum absolute atomic E-state index is 13.7. The van der Waals surface area contributed by atoms with Gasteiger partial charge in [-0.25, -0.2) is 0 Å². The van der Waals surface area contributed by atoms with Crippen LogP contribution in [-0.4, -0.2) is 51.3 Å². The molecule has 1 aromatic heterocycles. The second-order valence-corrected chi connectivity index (χ2v) is 12.5. The van der Waals surface area contributed by atoms with Gasteiger partial charge in [-0.05, 0) is 44.4 Å². The van der Waals surface area contributed by atoms with Crippen molar-refractivity contribution in [1.82, 2.24) is 10.3 Å². The number of nitrogens with one attached hydrogen (secondary N) is 1. The van der Waals surface area contributed by atoms with Gasteiger partial charge in [0.05, 0.1) is 36.2 Å². The number of pyridine rings is 1. The van der Waals surface area contributed by atoms with Crippen molar-refractivity contribution in [2.75, 3.05) is 0 Å². The second kappa shape index (κ2) is 15.9. The van der Waals surface area contributed by atoms with E-state index in [-0.39, 0.29) is 25.4 Å². The quantitative estimate of drug-likeness (QED) is 0.223. The molecule has 1 heterocycles. The number of para-hydroxylation sites is 1. The van der Waals surface area contributed by atoms with Crippen molar-refractivity contribution < 1.29 is 38.6 Å². The van der Waals surface area contributed by atoms with Crippen LogP contribution in [0.5, 0.6) is 0 Å². The molecular formula is C35H42N2O8. The molecule has 240 valence electrons. The highest BCUT2D eigenvalue weighted by atomic mass is 16.6. The average molecular weight is 619 g/mol. The van der Waals surface area contributed by atoms with Crippen LogP contribution in [0.4, 0.5) is 0 Å². The lowest BCUT2D eigenvalue weighted by Gasteiger charge is -2.25. The van der Waals surface area contributed by atoms with Crippen molar-refractivity contribution in [3.63, 3.8) is 0 Å². The fourth-order valence-electron chi connectivity index (χ4n) is 4.77. The van der Waals surface area contributed by atoms with E-state index in [0.29, 0.717) is 11.2 Å². The maximum atomic E-state index is 13.7. The largest absolute Gasteiger partial charge is 0.481 e. The summed E-state index contributed by atoms with van der Waals surface area (Å²) in [6, 6.07) is 18.9. The maximum Gasteiger partial charge on any atom is 0.307 e. The first kappa shape index (κ1) is 34.9. The van der Waals surface area contributed by atoms with Gasteiger partial charge in [-0.1, -0.05) is 68.4 Å². The number of rotatable bonds is 15. The zero-order chi connectivity index (χ0) is 33.1. The summed E-state index contributed by atoms with van der Waals surface area (Å²) in [6.07, 6.45) is -1.20. The summed E-state index contributed by atoms with van der Waals surface area (Å²) in [5.74, 6) is -6.24. The third kappa shape index (κ3) is 11.4. The van der Waals surface area contributed by atoms with Gasteiger partial charge in [-0.15, -0.1) is 0 Å². The van der Waals surface area contributed by atoms with Crippen LogP contribution >= 0.6 is 0 Å². The van der Waals surface area contributed by atoms with Gasteiger partial charge < -0.3 is 19.9 Å². The Labute approximate surface area is 263 Å². The summed E-state index contributed by atoms with van der Waals surface area (Å²) >= 11 is 0. The van der Waals surface area contributed by atoms with E-state index in [1.807, 2.05) is 36.4 Å². The lowest BCUT2D eigenvalue weighted by molar-refractivity contribution is -0.158. The molecular weight excluding hydrogens is 576 g/mol. The van der Waals surface area contributed by atoms with Crippen molar-refractivity contribution in [3.05, 3.63) is 78.0 Å². The minimum Gasteiger partial charge on any atom is -0.481 e. The first-order valence-corrected chi connectivity index (χ1v) is 15.0. The predicted octanol–water partition coefficient (Wildman–Crippen LogP) is 5.06. The van der Waals surface area contributed by atoms with Crippen molar-refractivity contribution in [2.24, 2.45) is 17.8 Å². The fourth-order valence-corrected chi connectivity index (χ4v) is 4.77. The third-order valence-corrected chi connectivity index (χ3v) is 7.18. The van der Waals surface area contributed by atoms with Gasteiger partial charge in [-0.3, -0.25) is 29.0 Å². The Balaban J connectivity index is 1.85. The number of fused-ring (bicyclic) bond motifs is 1. The number of aliphatic carboxylic acids is 1. The molecule has 10 nitrogen and oxygen atoms in total. The number of carbonyl (C=O) groups is 5. The van der Waals surface area contributed by atoms with E-state index in [1.54, 1.807) is 65.0 Å². The molecule has 0 radical (unpaired) electrons. The van der Waals surface area contributed by atoms with Gasteiger partial charge in [-0.2, -0.15) is 0 Å². The molecule has 0 aliphatic rings. The monoisotopic (exact) mass is 618 g/mol. The van der Waals surface area contributed by atoms with Crippen LogP contribution in [0.25, 0.3) is 10.9 Å². The molecule has 0 aliphatic carbocycles. The summed E-state index contributed by atoms with van der Waals surface area (Å²) in [5, 5.41) is 13.3. The van der Waals surface area contributed by atoms with Gasteiger partial charge in [0.1, 0.15) is 12.2 Å². The molecule has 0 fully saturated rings. The number of hydrogen-bond donors (Lipinski definition) is 2. The third-order valence-electron chi connectivity index (χ3n) is 7.18. The SMILES string of the molecule is CC(C)[C@@H](CC(=O)[C@H](Cc1ccc2ccccc2n1)NC(=O)[C@@H](CC(=O)OCc1ccccc1)CC(=O)OC(C)(C)C)C(=O)O. The smallest absolute Gasteiger partial charge is 0.307 e. The lowest BCUT2D eigenvalue weighted by Crippen LogP contribution is -2.47. The summed E-state index contributed by atoms with van der Waals surface area (Å²) in [6.45, 7) is 8.47. The molecule has 2 aromatic carbocycles. The Morgan fingerprint density at radius 3 is 2.13 bits per heavy atom. The molecule has 2 N–H and O–H groups in total. The molecule has 0 aliphatic heterocycles. The Hall–Kier alpha value is -4.60. The summed E-state index contributed by atoms with van der Waals surface area (Å²) < 4.78 is 10.8. The van der Waals surface area contributed by atoms with Crippen LogP contribution in [-0.2, 0) is 46.5 Å². The summed E-state index contributed by atoms with van der Waals surface area (Å²) in [7, 11) is 0. The van der Waals surface area contributed by atoms with E-state index in [9.17, 15) is 29.1 Å². The first-order chi connectivity index (χ1) is 21.2. The van der Waals surface area contributed by atoms with Crippen LogP contribution in [0.2, 0.25) is 0 Å². The molecule has 0 saturated heterocycles. The Kier molecular flexibility index (Phi) is 12.3. The zero-order valence-corrected chi connectivity index (χ0v) is 26.4. The number of ketones is 1. The second-order valence-electron chi connectivity index (χ2n) is 12.5. The van der Waals surface area contributed by atoms with Crippen LogP contribution in [0.1, 0.15) is 65.1 Å². The molecule has 0 unspecified atom stereocenters. The number of aromatic nitrogens is 1. The standard InChI is InChI=1S/C35H42N2O8/c1-22(2)27(34(42)43)20-30(38)29(19-26-16-15-24-13-9-10-14-28(24)36-26)37-33(41)25(18-32(40)45-35(3,4)5)17-31(39)44-21-23-11-7-6-8-12-23/h6-16,22,25,27,29H,17-21H2,1-5H3,(H,37,41)(H,42,43)/t25-,27+,29-/m0/s1. The van der Waals surface area contributed by atoms with Crippen LogP contribution in [0.3, 0.4) is 0 Å². The normalized spacial score (nSPS) is 13.5. The summed E-state index contributed by atoms with van der Waals surface area (Å²) in [4.78, 5) is 69.4. The van der Waals surface area contributed by atoms with E-state index >= 15 is 0 Å². The van der Waals surface area contributed by atoms with E-state index in [1.165, 1.54) is 0 Å². The van der Waals surface area contributed by atoms with Crippen molar-refractivity contribution >= 4 is 40.5 Å². The number of esters is 2. The fraction of sp³-hybridized carbons (Fsp3) is 0.429. The topological polar surface area (TPSA) is 149 Å². The number of ether oxygens (including phenoxy) is 2. The van der Waals surface area contributed by atoms with Crippen LogP contribution < -0.4 is 5.32 Å². The van der Waals surface area contributed by atoms with Gasteiger partial charge in [0.15, 0.2) is 5.78 Å². The zero-order valence-electron chi connectivity index (χ0n) is 26.4. The molecule has 3 atom stereocenters. The number of carboxylic acid groups (broad SMARTS) is 1. The van der Waals surface area contributed by atoms with Gasteiger partial charge >= 0.3 is 17.9 Å². The van der Waals surface area contributed by atoms with Crippen molar-refractivity contribution in [3.8, 4) is 0 Å². The highest BCUT2D eigenvalue weighted by Crippen LogP contribution is 2.21. The average Bonchev–Trinajstić information content (AvgIpc) is 2.97. The van der Waals surface area contributed by atoms with Gasteiger partial charge in [0.25, 0.3) is 0 Å². The Bertz CT molecular complexity index is 1500. The number of nitrogens with zero attached hydrogens (tertiary/aromatic N) is 1. The first-order valence-electron chi connectivity index (χ1n) is 15.0. The van der Waals surface area contributed by atoms with E-state index in [2.05, 4.69) is 10.3 Å². The van der Waals surface area contributed by atoms with E-state index < -0.39 is 65.9 Å². The number of carbonyl (C=O) groups excluding carboxylic acids is 4. The van der Waals surface area contributed by atoms with Crippen molar-refractivity contribution in [2.45, 2.75) is 78.6 Å². The van der Waals surface area contributed by atoms with Crippen LogP contribution in [0.15, 0.2) is 66.7 Å². The molecule has 0 saturated carbocycles. The summed E-state index contributed by atoms with van der Waals surface area (Å²) in [5.41, 5.74) is 1.14. The molecule has 0 spiro atoms. The molecule has 3 rings (SSSR count). The molecule has 0 bridgehead atoms. The molecule has 1 amide bonds. The number of hydrogen-bond acceptors (Lipinski definition) is 8. The number of Topliss-reactive ketones (excluding diaryl/α,β-unsaturated/α-hetero) is 1. The highest BCUT2D eigenvalue weighted by Gasteiger charge is 2.34. The van der Waals surface area contributed by atoms with Gasteiger partial charge in [0.2, 0.25) is 5.91 Å². The van der Waals surface area contributed by atoms with E-state index in [4.69, 9.17) is 9.47 Å². The molecule has 3 aromatic rings. The van der Waals surface area contributed by atoms with E-state index in [0.717, 1.165) is 10.9 Å². The predicted molar refractivity (Wildman–Crippen MR) is 168 cm³/mol. The molecule has 45 heavy (non-hydrogen) atoms. The number of carboxylic acids is 1. The lowest BCUT2D eigenvalue weighted by atomic mass is 9.87. The minimum absolute atomic E-state index is 0.0129. The van der Waals surface area contributed by atoms with Gasteiger partial charge in [0, 0.05) is 23.9 Å². The Morgan fingerprint density at radius 1 is 0.844 bits per heavy atom. The highest BCUT2D eigenvalue weighted by molar-refractivity contribution is 5.94. The number of benzene rings is 2. The Morgan fingerprint density at radius 2 is 1.49 bits per heavy atom. The minimum atomic E-state index is -1.21. The molecule has 10 heteroatoms. The van der Waals surface area contributed by atoms with Crippen molar-refractivity contribution in [1.29, 1.82) is 0 Å². The number of amides is 1.